The van der Waals surface area contributed by atoms with Crippen LogP contribution >= 0.6 is 11.6 Å². The van der Waals surface area contributed by atoms with Crippen molar-refractivity contribution < 1.29 is 9.57 Å². The quantitative estimate of drug-likeness (QED) is 0.308. The molecular weight excluding hydrogens is 268 g/mol. The van der Waals surface area contributed by atoms with Crippen molar-refractivity contribution in [1.29, 1.82) is 5.41 Å². The molecule has 0 heterocycles. The van der Waals surface area contributed by atoms with E-state index in [1.165, 1.54) is 6.21 Å². The summed E-state index contributed by atoms with van der Waals surface area (Å²) in [6.07, 6.45) is 1.53. The van der Waals surface area contributed by atoms with Crippen molar-refractivity contribution >= 4 is 23.8 Å². The fourth-order valence-electron chi connectivity index (χ4n) is 1.14. The molecule has 0 spiro atoms. The van der Waals surface area contributed by atoms with E-state index >= 15 is 0 Å². The van der Waals surface area contributed by atoms with Gasteiger partial charge in [0.25, 0.3) is 0 Å². The van der Waals surface area contributed by atoms with Crippen LogP contribution in [0.2, 0.25) is 5.02 Å². The zero-order valence-corrected chi connectivity index (χ0v) is 11.4. The Morgan fingerprint density at radius 2 is 2.21 bits per heavy atom. The number of ether oxygens (including phenoxy) is 1. The van der Waals surface area contributed by atoms with E-state index in [1.54, 1.807) is 6.07 Å². The minimum absolute atomic E-state index is 0.0696. The number of rotatable bonds is 7. The van der Waals surface area contributed by atoms with Crippen LogP contribution in [0.3, 0.4) is 0 Å². The van der Waals surface area contributed by atoms with E-state index in [4.69, 9.17) is 26.6 Å². The summed E-state index contributed by atoms with van der Waals surface area (Å²) in [5.41, 5.74) is 5.62. The van der Waals surface area contributed by atoms with Gasteiger partial charge in [0, 0.05) is 17.2 Å². The molecule has 0 aromatic heterocycles. The van der Waals surface area contributed by atoms with Crippen LogP contribution in [0.5, 0.6) is 0 Å². The van der Waals surface area contributed by atoms with E-state index in [2.05, 4.69) is 16.0 Å². The molecule has 0 bridgehead atoms. The summed E-state index contributed by atoms with van der Waals surface area (Å²) in [5.74, 6) is -0.0696. The first-order valence-corrected chi connectivity index (χ1v) is 6.19. The van der Waals surface area contributed by atoms with Gasteiger partial charge in [-0.3, -0.25) is 10.2 Å². The first-order valence-electron chi connectivity index (χ1n) is 5.81. The van der Waals surface area contributed by atoms with Crippen LogP contribution in [0, 0.1) is 5.41 Å². The molecule has 104 valence electrons. The zero-order valence-electron chi connectivity index (χ0n) is 10.6. The van der Waals surface area contributed by atoms with Gasteiger partial charge in [0.1, 0.15) is 0 Å². The number of nitrogens with zero attached hydrogens (tertiary/aromatic N) is 1. The monoisotopic (exact) mass is 284 g/mol. The van der Waals surface area contributed by atoms with Gasteiger partial charge in [-0.25, -0.2) is 10.9 Å². The van der Waals surface area contributed by atoms with Crippen LogP contribution < -0.4 is 10.9 Å². The molecule has 1 aromatic rings. The van der Waals surface area contributed by atoms with Gasteiger partial charge in [-0.2, -0.15) is 5.10 Å². The SMILES string of the molecule is CCOCCONC(=N)NN=Cc1ccccc1Cl. The smallest absolute Gasteiger partial charge is 0.233 e. The molecule has 0 aliphatic heterocycles. The van der Waals surface area contributed by atoms with Crippen molar-refractivity contribution in [2.45, 2.75) is 6.92 Å². The number of hydrazone groups is 1. The third-order valence-corrected chi connectivity index (χ3v) is 2.34. The third kappa shape index (κ3) is 6.76. The van der Waals surface area contributed by atoms with Gasteiger partial charge < -0.3 is 4.74 Å². The molecular formula is C12H17ClN4O2. The molecule has 7 heteroatoms. The molecule has 0 atom stereocenters. The average molecular weight is 285 g/mol. The van der Waals surface area contributed by atoms with Gasteiger partial charge >= 0.3 is 0 Å². The third-order valence-electron chi connectivity index (χ3n) is 1.99. The number of nitrogens with one attached hydrogen (secondary N) is 3. The standard InChI is InChI=1S/C12H17ClN4O2/c1-2-18-7-8-19-17-12(14)16-15-9-10-5-3-4-6-11(10)13/h3-6,9H,2,7-8H2,1H3,(H3,14,16,17). The van der Waals surface area contributed by atoms with Gasteiger partial charge in [0.15, 0.2) is 0 Å². The molecule has 1 rings (SSSR count). The molecule has 0 saturated heterocycles. The van der Waals surface area contributed by atoms with Crippen LogP contribution in [-0.4, -0.2) is 32.0 Å². The molecule has 19 heavy (non-hydrogen) atoms. The van der Waals surface area contributed by atoms with Crippen molar-refractivity contribution in [2.75, 3.05) is 19.8 Å². The molecule has 0 amide bonds. The summed E-state index contributed by atoms with van der Waals surface area (Å²) in [6, 6.07) is 7.28. The van der Waals surface area contributed by atoms with E-state index in [1.807, 2.05) is 25.1 Å². The number of guanidine groups is 1. The number of halogens is 1. The molecule has 0 fully saturated rings. The van der Waals surface area contributed by atoms with E-state index < -0.39 is 0 Å². The van der Waals surface area contributed by atoms with Gasteiger partial charge in [-0.05, 0) is 13.0 Å². The minimum Gasteiger partial charge on any atom is -0.379 e. The lowest BCUT2D eigenvalue weighted by Crippen LogP contribution is -2.34. The van der Waals surface area contributed by atoms with Crippen molar-refractivity contribution in [3.05, 3.63) is 34.9 Å². The Balaban J connectivity index is 2.21. The highest BCUT2D eigenvalue weighted by molar-refractivity contribution is 6.33. The van der Waals surface area contributed by atoms with E-state index in [-0.39, 0.29) is 5.96 Å². The van der Waals surface area contributed by atoms with Crippen LogP contribution in [0.4, 0.5) is 0 Å². The highest BCUT2D eigenvalue weighted by Gasteiger charge is 1.95. The van der Waals surface area contributed by atoms with Gasteiger partial charge in [-0.15, -0.1) is 0 Å². The predicted octanol–water partition coefficient (Wildman–Crippen LogP) is 1.76. The number of hydrogen-bond donors (Lipinski definition) is 3. The molecule has 6 nitrogen and oxygen atoms in total. The number of benzene rings is 1. The minimum atomic E-state index is -0.0696. The normalized spacial score (nSPS) is 10.6. The van der Waals surface area contributed by atoms with Gasteiger partial charge in [0.2, 0.25) is 5.96 Å². The average Bonchev–Trinajstić information content (AvgIpc) is 2.41. The first-order chi connectivity index (χ1) is 9.24. The summed E-state index contributed by atoms with van der Waals surface area (Å²) in [6.45, 7) is 3.37. The maximum atomic E-state index is 7.45. The second-order valence-corrected chi connectivity index (χ2v) is 3.82. The summed E-state index contributed by atoms with van der Waals surface area (Å²) in [4.78, 5) is 4.96. The lowest BCUT2D eigenvalue weighted by Gasteiger charge is -2.07. The highest BCUT2D eigenvalue weighted by atomic mass is 35.5. The molecule has 0 aliphatic carbocycles. The van der Waals surface area contributed by atoms with Crippen LogP contribution in [0.1, 0.15) is 12.5 Å². The van der Waals surface area contributed by atoms with Crippen molar-refractivity contribution in [3.8, 4) is 0 Å². The Hall–Kier alpha value is -1.63. The largest absolute Gasteiger partial charge is 0.379 e. The fourth-order valence-corrected chi connectivity index (χ4v) is 1.32. The van der Waals surface area contributed by atoms with E-state index in [0.29, 0.717) is 24.8 Å². The Morgan fingerprint density at radius 1 is 1.42 bits per heavy atom. The molecule has 0 saturated carbocycles. The maximum absolute atomic E-state index is 7.45. The molecule has 0 aliphatic rings. The topological polar surface area (TPSA) is 78.7 Å². The van der Waals surface area contributed by atoms with Gasteiger partial charge in [-0.1, -0.05) is 29.8 Å². The lowest BCUT2D eigenvalue weighted by atomic mass is 10.2. The van der Waals surface area contributed by atoms with Crippen molar-refractivity contribution in [1.82, 2.24) is 10.9 Å². The zero-order chi connectivity index (χ0) is 13.9. The highest BCUT2D eigenvalue weighted by Crippen LogP contribution is 2.11. The number of hydroxylamine groups is 1. The Labute approximate surface area is 117 Å². The van der Waals surface area contributed by atoms with Crippen LogP contribution in [0.15, 0.2) is 29.4 Å². The molecule has 0 radical (unpaired) electrons. The summed E-state index contributed by atoms with van der Waals surface area (Å²) < 4.78 is 5.07. The van der Waals surface area contributed by atoms with Crippen LogP contribution in [0.25, 0.3) is 0 Å². The van der Waals surface area contributed by atoms with Crippen molar-refractivity contribution in [3.63, 3.8) is 0 Å². The van der Waals surface area contributed by atoms with E-state index in [9.17, 15) is 0 Å². The summed E-state index contributed by atoms with van der Waals surface area (Å²) in [5, 5.41) is 11.9. The number of hydrogen-bond acceptors (Lipinski definition) is 4. The molecule has 0 unspecified atom stereocenters. The lowest BCUT2D eigenvalue weighted by molar-refractivity contribution is 0.0235. The molecule has 3 N–H and O–H groups in total. The predicted molar refractivity (Wildman–Crippen MR) is 75.5 cm³/mol. The maximum Gasteiger partial charge on any atom is 0.233 e. The van der Waals surface area contributed by atoms with Crippen LogP contribution in [-0.2, 0) is 9.57 Å². The Morgan fingerprint density at radius 3 is 2.95 bits per heavy atom. The second kappa shape index (κ2) is 9.32. The fraction of sp³-hybridized carbons (Fsp3) is 0.333. The Bertz CT molecular complexity index is 426. The Kier molecular flexibility index (Phi) is 7.57. The second-order valence-electron chi connectivity index (χ2n) is 3.41. The molecule has 1 aromatic carbocycles. The van der Waals surface area contributed by atoms with E-state index in [0.717, 1.165) is 5.56 Å². The first kappa shape index (κ1) is 15.4. The summed E-state index contributed by atoms with van der Waals surface area (Å²) >= 11 is 5.94. The van der Waals surface area contributed by atoms with Crippen molar-refractivity contribution in [2.24, 2.45) is 5.10 Å². The van der Waals surface area contributed by atoms with Gasteiger partial charge in [0.05, 0.1) is 19.4 Å². The summed E-state index contributed by atoms with van der Waals surface area (Å²) in [7, 11) is 0.